The Morgan fingerprint density at radius 2 is 1.76 bits per heavy atom. The molecule has 2 heterocycles. The lowest BCUT2D eigenvalue weighted by Gasteiger charge is -2.15. The van der Waals surface area contributed by atoms with Crippen molar-refractivity contribution in [1.29, 1.82) is 0 Å². The molecule has 0 bridgehead atoms. The molecule has 3 aromatic rings. The highest BCUT2D eigenvalue weighted by molar-refractivity contribution is 7.14. The van der Waals surface area contributed by atoms with E-state index in [4.69, 9.17) is 18.9 Å². The van der Waals surface area contributed by atoms with Crippen molar-refractivity contribution in [3.63, 3.8) is 0 Å². The summed E-state index contributed by atoms with van der Waals surface area (Å²) in [7, 11) is 4.90. The number of thiazole rings is 1. The fourth-order valence-electron chi connectivity index (χ4n) is 3.22. The van der Waals surface area contributed by atoms with Crippen LogP contribution in [0.4, 0.5) is 5.13 Å². The quantitative estimate of drug-likeness (QED) is 0.340. The number of methoxy groups -OCH3 is 1. The minimum absolute atomic E-state index is 0.0156. The third kappa shape index (κ3) is 8.25. The maximum Gasteiger partial charge on any atom is 0.311 e. The van der Waals surface area contributed by atoms with Crippen molar-refractivity contribution in [3.8, 4) is 17.5 Å². The minimum atomic E-state index is -0.467. The summed E-state index contributed by atoms with van der Waals surface area (Å²) in [6, 6.07) is 9.51. The third-order valence-electron chi connectivity index (χ3n) is 4.90. The number of amides is 2. The van der Waals surface area contributed by atoms with Crippen molar-refractivity contribution in [1.82, 2.24) is 14.9 Å². The van der Waals surface area contributed by atoms with Crippen molar-refractivity contribution < 1.29 is 33.3 Å². The summed E-state index contributed by atoms with van der Waals surface area (Å²) in [5, 5.41) is 4.73. The number of aromatic nitrogens is 2. The van der Waals surface area contributed by atoms with E-state index in [2.05, 4.69) is 15.3 Å². The van der Waals surface area contributed by atoms with Crippen LogP contribution in [0.25, 0.3) is 0 Å². The Morgan fingerprint density at radius 1 is 1.05 bits per heavy atom. The first-order valence-electron chi connectivity index (χ1n) is 11.8. The second-order valence-electron chi connectivity index (χ2n) is 8.32. The van der Waals surface area contributed by atoms with E-state index in [1.54, 1.807) is 64.7 Å². The van der Waals surface area contributed by atoms with E-state index >= 15 is 0 Å². The molecule has 12 heteroatoms. The molecule has 1 N–H and O–H groups in total. The molecule has 2 aromatic heterocycles. The fourth-order valence-corrected chi connectivity index (χ4v) is 3.92. The predicted molar refractivity (Wildman–Crippen MR) is 141 cm³/mol. The zero-order valence-corrected chi connectivity index (χ0v) is 22.7. The summed E-state index contributed by atoms with van der Waals surface area (Å²) in [5.74, 6) is -0.290. The number of hydrogen-bond donors (Lipinski definition) is 1. The average molecular weight is 543 g/mol. The first-order valence-corrected chi connectivity index (χ1v) is 12.6. The number of hydrogen-bond acceptors (Lipinski definition) is 10. The monoisotopic (exact) mass is 542 g/mol. The number of nitrogens with one attached hydrogen (secondary N) is 1. The van der Waals surface area contributed by atoms with Gasteiger partial charge in [0.2, 0.25) is 11.8 Å². The summed E-state index contributed by atoms with van der Waals surface area (Å²) in [6.45, 7) is 4.13. The van der Waals surface area contributed by atoms with Crippen molar-refractivity contribution >= 4 is 34.3 Å². The maximum atomic E-state index is 13.1. The van der Waals surface area contributed by atoms with Crippen molar-refractivity contribution in [2.45, 2.75) is 26.4 Å². The molecule has 11 nitrogen and oxygen atoms in total. The molecular weight excluding hydrogens is 512 g/mol. The molecule has 2 amide bonds. The predicted octanol–water partition coefficient (Wildman–Crippen LogP) is 3.80. The molecule has 0 radical (unpaired) electrons. The molecule has 0 fully saturated rings. The number of anilines is 1. The van der Waals surface area contributed by atoms with Gasteiger partial charge in [0, 0.05) is 44.3 Å². The van der Waals surface area contributed by atoms with Gasteiger partial charge in [-0.3, -0.25) is 19.7 Å². The van der Waals surface area contributed by atoms with Gasteiger partial charge in [-0.05, 0) is 38.1 Å². The van der Waals surface area contributed by atoms with E-state index in [1.807, 2.05) is 0 Å². The van der Waals surface area contributed by atoms with Crippen LogP contribution in [-0.4, -0.2) is 73.2 Å². The van der Waals surface area contributed by atoms with Gasteiger partial charge < -0.3 is 23.8 Å². The molecule has 0 spiro atoms. The summed E-state index contributed by atoms with van der Waals surface area (Å²) in [6.07, 6.45) is -0.318. The van der Waals surface area contributed by atoms with Gasteiger partial charge in [0.1, 0.15) is 11.9 Å². The molecule has 0 saturated carbocycles. The van der Waals surface area contributed by atoms with Crippen LogP contribution in [0.15, 0.2) is 41.8 Å². The zero-order chi connectivity index (χ0) is 27.7. The van der Waals surface area contributed by atoms with Gasteiger partial charge in [-0.25, -0.2) is 4.98 Å². The van der Waals surface area contributed by atoms with Gasteiger partial charge in [0.15, 0.2) is 5.13 Å². The lowest BCUT2D eigenvalue weighted by Crippen LogP contribution is -2.21. The zero-order valence-electron chi connectivity index (χ0n) is 21.8. The Hall–Kier alpha value is -4.03. The average Bonchev–Trinajstić information content (AvgIpc) is 3.30. The largest absolute Gasteiger partial charge is 0.472 e. The number of carbonyl (C=O) groups excluding carboxylic acids is 3. The molecule has 3 rings (SSSR count). The molecule has 0 unspecified atom stereocenters. The summed E-state index contributed by atoms with van der Waals surface area (Å²) in [4.78, 5) is 47.0. The summed E-state index contributed by atoms with van der Waals surface area (Å²) in [5.41, 5.74) is 1.22. The van der Waals surface area contributed by atoms with Crippen LogP contribution >= 0.6 is 11.3 Å². The maximum absolute atomic E-state index is 13.1. The molecule has 0 aliphatic rings. The van der Waals surface area contributed by atoms with Crippen LogP contribution in [0, 0.1) is 0 Å². The van der Waals surface area contributed by atoms with E-state index in [-0.39, 0.29) is 42.4 Å². The summed E-state index contributed by atoms with van der Waals surface area (Å²) >= 11 is 1.19. The molecular formula is C26H30N4O7S. The van der Waals surface area contributed by atoms with Crippen molar-refractivity contribution in [2.24, 2.45) is 0 Å². The second-order valence-corrected chi connectivity index (χ2v) is 9.18. The normalized spacial score (nSPS) is 11.4. The van der Waals surface area contributed by atoms with E-state index in [0.717, 1.165) is 0 Å². The first kappa shape index (κ1) is 28.5. The molecule has 1 aromatic carbocycles. The topological polar surface area (TPSA) is 129 Å². The highest BCUT2D eigenvalue weighted by Gasteiger charge is 2.17. The highest BCUT2D eigenvalue weighted by atomic mass is 32.1. The van der Waals surface area contributed by atoms with Gasteiger partial charge in [-0.2, -0.15) is 4.98 Å². The minimum Gasteiger partial charge on any atom is -0.472 e. The SMILES string of the molecule is CCOC(=O)Cc1csc(NC(=O)c2cc(Oc3ccc(C(=O)N(C)C)cc3)nc(O[C@H](C)COC)c2)n1. The number of esters is 1. The number of ether oxygens (including phenoxy) is 4. The smallest absolute Gasteiger partial charge is 0.311 e. The highest BCUT2D eigenvalue weighted by Crippen LogP contribution is 2.26. The van der Waals surface area contributed by atoms with Crippen LogP contribution in [0.2, 0.25) is 0 Å². The van der Waals surface area contributed by atoms with E-state index in [1.165, 1.54) is 28.4 Å². The van der Waals surface area contributed by atoms with E-state index in [0.29, 0.717) is 28.7 Å². The molecule has 0 aliphatic carbocycles. The van der Waals surface area contributed by atoms with Gasteiger partial charge in [0.25, 0.3) is 11.8 Å². The molecule has 1 atom stereocenters. The number of rotatable bonds is 12. The molecule has 38 heavy (non-hydrogen) atoms. The van der Waals surface area contributed by atoms with Crippen LogP contribution in [0.1, 0.15) is 40.3 Å². The van der Waals surface area contributed by atoms with Crippen LogP contribution < -0.4 is 14.8 Å². The molecule has 0 aliphatic heterocycles. The van der Waals surface area contributed by atoms with Gasteiger partial charge in [-0.15, -0.1) is 11.3 Å². The third-order valence-corrected chi connectivity index (χ3v) is 5.70. The van der Waals surface area contributed by atoms with Crippen LogP contribution in [0.5, 0.6) is 17.5 Å². The number of carbonyl (C=O) groups is 3. The van der Waals surface area contributed by atoms with E-state index < -0.39 is 11.9 Å². The Bertz CT molecular complexity index is 1260. The van der Waals surface area contributed by atoms with Gasteiger partial charge in [0.05, 0.1) is 30.9 Å². The van der Waals surface area contributed by atoms with Crippen molar-refractivity contribution in [2.75, 3.05) is 39.7 Å². The van der Waals surface area contributed by atoms with Crippen molar-refractivity contribution in [3.05, 3.63) is 58.6 Å². The summed E-state index contributed by atoms with van der Waals surface area (Å²) < 4.78 is 21.7. The van der Waals surface area contributed by atoms with Gasteiger partial charge in [-0.1, -0.05) is 0 Å². The first-order chi connectivity index (χ1) is 18.2. The molecule has 0 saturated heterocycles. The number of nitrogens with zero attached hydrogens (tertiary/aromatic N) is 3. The van der Waals surface area contributed by atoms with E-state index in [9.17, 15) is 14.4 Å². The number of pyridine rings is 1. The van der Waals surface area contributed by atoms with Crippen LogP contribution in [-0.2, 0) is 20.7 Å². The Kier molecular flexibility index (Phi) is 10.1. The Balaban J connectivity index is 1.80. The lowest BCUT2D eigenvalue weighted by atomic mass is 10.2. The standard InChI is InChI=1S/C26H30N4O7S/c1-6-35-23(31)13-19-15-38-26(27-19)29-24(32)18-11-21(36-16(2)14-34-5)28-22(12-18)37-20-9-7-17(8-10-20)25(33)30(3)4/h7-12,15-16H,6,13-14H2,1-5H3,(H,27,29,32)/t16-/m1/s1. The number of benzene rings is 1. The fraction of sp³-hybridized carbons (Fsp3) is 0.346. The lowest BCUT2D eigenvalue weighted by molar-refractivity contribution is -0.142. The Labute approximate surface area is 224 Å². The Morgan fingerprint density at radius 3 is 2.42 bits per heavy atom. The second kappa shape index (κ2) is 13.5. The molecule has 202 valence electrons. The van der Waals surface area contributed by atoms with Gasteiger partial charge >= 0.3 is 5.97 Å². The van der Waals surface area contributed by atoms with Crippen LogP contribution in [0.3, 0.4) is 0 Å².